The lowest BCUT2D eigenvalue weighted by atomic mass is 9.98. The fourth-order valence-electron chi connectivity index (χ4n) is 1.78. The lowest BCUT2D eigenvalue weighted by Gasteiger charge is -2.08. The van der Waals surface area contributed by atoms with Gasteiger partial charge in [-0.2, -0.15) is 0 Å². The fraction of sp³-hybridized carbons (Fsp3) is 0.286. The van der Waals surface area contributed by atoms with Crippen molar-refractivity contribution in [2.45, 2.75) is 20.8 Å². The van der Waals surface area contributed by atoms with Crippen molar-refractivity contribution in [2.24, 2.45) is 10.9 Å². The van der Waals surface area contributed by atoms with E-state index >= 15 is 0 Å². The second-order valence-corrected chi connectivity index (χ2v) is 4.09. The summed E-state index contributed by atoms with van der Waals surface area (Å²) in [6.45, 7) is 5.90. The first kappa shape index (κ1) is 14.8. The summed E-state index contributed by atoms with van der Waals surface area (Å²) >= 11 is 0. The number of ether oxygens (including phenoxy) is 1. The molecule has 3 N–H and O–H groups in total. The van der Waals surface area contributed by atoms with Gasteiger partial charge in [0.05, 0.1) is 6.61 Å². The molecule has 0 saturated heterocycles. The summed E-state index contributed by atoms with van der Waals surface area (Å²) in [7, 11) is 0. The van der Waals surface area contributed by atoms with Gasteiger partial charge in [0.25, 0.3) is 0 Å². The molecular weight excluding hydrogens is 244 g/mol. The number of nitrogens with two attached hydrogens (primary N) is 1. The molecule has 0 bridgehead atoms. The van der Waals surface area contributed by atoms with Crippen LogP contribution in [0, 0.1) is 13.8 Å². The van der Waals surface area contributed by atoms with Gasteiger partial charge in [-0.1, -0.05) is 5.16 Å². The highest BCUT2D eigenvalue weighted by molar-refractivity contribution is 5.98. The molecule has 0 aliphatic carbocycles. The highest BCUT2D eigenvalue weighted by Crippen LogP contribution is 2.18. The van der Waals surface area contributed by atoms with E-state index < -0.39 is 0 Å². The molecule has 102 valence electrons. The Hall–Kier alpha value is -2.30. The van der Waals surface area contributed by atoms with Gasteiger partial charge in [-0.25, -0.2) is 4.79 Å². The number of benzene rings is 1. The van der Waals surface area contributed by atoms with Gasteiger partial charge in [-0.15, -0.1) is 0 Å². The van der Waals surface area contributed by atoms with E-state index in [-0.39, 0.29) is 11.8 Å². The fourth-order valence-corrected chi connectivity index (χ4v) is 1.78. The Morgan fingerprint density at radius 3 is 2.47 bits per heavy atom. The molecule has 1 aromatic carbocycles. The molecule has 5 heteroatoms. The first-order valence-electron chi connectivity index (χ1n) is 5.93. The minimum absolute atomic E-state index is 0.0622. The Bertz CT molecular complexity index is 510. The van der Waals surface area contributed by atoms with Gasteiger partial charge >= 0.3 is 5.97 Å². The summed E-state index contributed by atoms with van der Waals surface area (Å²) in [4.78, 5) is 11.3. The van der Waals surface area contributed by atoms with Gasteiger partial charge in [0.1, 0.15) is 0 Å². The van der Waals surface area contributed by atoms with Crippen molar-refractivity contribution in [1.29, 1.82) is 0 Å². The van der Waals surface area contributed by atoms with Crippen LogP contribution >= 0.6 is 0 Å². The van der Waals surface area contributed by atoms with E-state index in [2.05, 4.69) is 5.16 Å². The van der Waals surface area contributed by atoms with Gasteiger partial charge in [0, 0.05) is 11.6 Å². The minimum Gasteiger partial charge on any atom is -0.463 e. The van der Waals surface area contributed by atoms with Crippen molar-refractivity contribution in [2.75, 3.05) is 6.61 Å². The first-order valence-corrected chi connectivity index (χ1v) is 5.93. The van der Waals surface area contributed by atoms with E-state index in [9.17, 15) is 4.79 Å². The maximum absolute atomic E-state index is 11.3. The van der Waals surface area contributed by atoms with Gasteiger partial charge < -0.3 is 15.7 Å². The van der Waals surface area contributed by atoms with Crippen molar-refractivity contribution < 1.29 is 14.7 Å². The molecule has 0 radical (unpaired) electrons. The summed E-state index contributed by atoms with van der Waals surface area (Å²) in [6.07, 6.45) is 3.10. The van der Waals surface area contributed by atoms with Crippen LogP contribution in [-0.4, -0.2) is 23.6 Å². The van der Waals surface area contributed by atoms with Crippen LogP contribution in [0.15, 0.2) is 23.4 Å². The molecular formula is C14H18N2O3. The Balaban J connectivity index is 3.08. The average molecular weight is 262 g/mol. The van der Waals surface area contributed by atoms with Crippen LogP contribution in [0.2, 0.25) is 0 Å². The van der Waals surface area contributed by atoms with Gasteiger partial charge in [-0.05, 0) is 55.7 Å². The number of carbonyl (C=O) groups excluding carboxylic acids is 1. The number of hydrogen-bond donors (Lipinski definition) is 2. The lowest BCUT2D eigenvalue weighted by molar-refractivity contribution is -0.137. The molecule has 0 aliphatic rings. The minimum atomic E-state index is -0.373. The van der Waals surface area contributed by atoms with Gasteiger partial charge in [0.2, 0.25) is 0 Å². The normalized spacial score (nSPS) is 11.8. The molecule has 0 heterocycles. The molecule has 1 rings (SSSR count). The molecule has 1 aromatic rings. The van der Waals surface area contributed by atoms with E-state index in [1.54, 1.807) is 25.1 Å². The largest absolute Gasteiger partial charge is 0.463 e. The average Bonchev–Trinajstić information content (AvgIpc) is 2.36. The zero-order valence-corrected chi connectivity index (χ0v) is 11.3. The van der Waals surface area contributed by atoms with Crippen LogP contribution in [0.25, 0.3) is 6.08 Å². The third kappa shape index (κ3) is 3.84. The van der Waals surface area contributed by atoms with E-state index in [1.165, 1.54) is 6.08 Å². The van der Waals surface area contributed by atoms with Crippen molar-refractivity contribution in [3.63, 3.8) is 0 Å². The van der Waals surface area contributed by atoms with Crippen LogP contribution in [0.5, 0.6) is 0 Å². The summed E-state index contributed by atoms with van der Waals surface area (Å²) in [5.74, 6) is -0.311. The lowest BCUT2D eigenvalue weighted by Crippen LogP contribution is -2.13. The number of amidine groups is 1. The topological polar surface area (TPSA) is 84.9 Å². The zero-order chi connectivity index (χ0) is 14.4. The molecule has 5 nitrogen and oxygen atoms in total. The second-order valence-electron chi connectivity index (χ2n) is 4.09. The number of aryl methyl sites for hydroxylation is 2. The van der Waals surface area contributed by atoms with Crippen LogP contribution in [0.4, 0.5) is 0 Å². The number of oxime groups is 1. The third-order valence-corrected chi connectivity index (χ3v) is 2.67. The molecule has 0 amide bonds. The number of esters is 1. The van der Waals surface area contributed by atoms with E-state index in [0.29, 0.717) is 12.2 Å². The molecule has 0 aromatic heterocycles. The van der Waals surface area contributed by atoms with Crippen molar-refractivity contribution in [1.82, 2.24) is 0 Å². The Morgan fingerprint density at radius 2 is 2.00 bits per heavy atom. The van der Waals surface area contributed by atoms with Crippen molar-refractivity contribution in [3.05, 3.63) is 40.5 Å². The van der Waals surface area contributed by atoms with Crippen LogP contribution in [0.3, 0.4) is 0 Å². The van der Waals surface area contributed by atoms with Crippen LogP contribution in [-0.2, 0) is 9.53 Å². The third-order valence-electron chi connectivity index (χ3n) is 2.67. The Kier molecular flexibility index (Phi) is 5.11. The number of hydrogen-bond acceptors (Lipinski definition) is 4. The molecule has 0 atom stereocenters. The van der Waals surface area contributed by atoms with Gasteiger partial charge in [-0.3, -0.25) is 0 Å². The molecule has 0 aliphatic heterocycles. The highest BCUT2D eigenvalue weighted by atomic mass is 16.5. The Morgan fingerprint density at radius 1 is 1.42 bits per heavy atom. The molecule has 0 saturated carbocycles. The van der Waals surface area contributed by atoms with E-state index in [0.717, 1.165) is 16.7 Å². The maximum Gasteiger partial charge on any atom is 0.330 e. The highest BCUT2D eigenvalue weighted by Gasteiger charge is 2.06. The summed E-state index contributed by atoms with van der Waals surface area (Å²) < 4.78 is 4.82. The monoisotopic (exact) mass is 262 g/mol. The standard InChI is InChI=1S/C14H18N2O3/c1-4-19-13(17)6-5-12-9(2)7-11(8-10(12)3)14(15)16-18/h5-8,18H,4H2,1-3H3,(H2,15,16). The number of nitrogens with zero attached hydrogens (tertiary/aromatic N) is 1. The smallest absolute Gasteiger partial charge is 0.330 e. The molecule has 0 fully saturated rings. The molecule has 0 spiro atoms. The van der Waals surface area contributed by atoms with Crippen molar-refractivity contribution in [3.8, 4) is 0 Å². The Labute approximate surface area is 112 Å². The van der Waals surface area contributed by atoms with E-state index in [1.807, 2.05) is 13.8 Å². The van der Waals surface area contributed by atoms with Crippen molar-refractivity contribution >= 4 is 17.9 Å². The summed E-state index contributed by atoms with van der Waals surface area (Å²) in [5, 5.41) is 11.6. The predicted molar refractivity (Wildman–Crippen MR) is 74.1 cm³/mol. The quantitative estimate of drug-likeness (QED) is 0.217. The summed E-state index contributed by atoms with van der Waals surface area (Å²) in [5.41, 5.74) is 8.98. The van der Waals surface area contributed by atoms with E-state index in [4.69, 9.17) is 15.7 Å². The second kappa shape index (κ2) is 6.58. The number of rotatable bonds is 4. The maximum atomic E-state index is 11.3. The van der Waals surface area contributed by atoms with Crippen LogP contribution < -0.4 is 5.73 Å². The van der Waals surface area contributed by atoms with Crippen LogP contribution in [0.1, 0.15) is 29.2 Å². The predicted octanol–water partition coefficient (Wildman–Crippen LogP) is 1.97. The summed E-state index contributed by atoms with van der Waals surface area (Å²) in [6, 6.07) is 3.60. The number of carbonyl (C=O) groups is 1. The zero-order valence-electron chi connectivity index (χ0n) is 11.3. The molecule has 0 unspecified atom stereocenters. The SMILES string of the molecule is CCOC(=O)C=Cc1c(C)cc(/C(N)=N/O)cc1C. The van der Waals surface area contributed by atoms with Gasteiger partial charge in [0.15, 0.2) is 5.84 Å². The molecule has 19 heavy (non-hydrogen) atoms. The first-order chi connectivity index (χ1) is 8.99.